The third-order valence-corrected chi connectivity index (χ3v) is 6.22. The molecule has 0 bridgehead atoms. The van der Waals surface area contributed by atoms with E-state index in [2.05, 4.69) is 48.3 Å². The highest BCUT2D eigenvalue weighted by molar-refractivity contribution is 5.85. The van der Waals surface area contributed by atoms with Gasteiger partial charge in [0.2, 0.25) is 5.91 Å². The number of amides is 1. The Morgan fingerprint density at radius 2 is 1.93 bits per heavy atom. The lowest BCUT2D eigenvalue weighted by molar-refractivity contribution is -0.123. The summed E-state index contributed by atoms with van der Waals surface area (Å²) in [5, 5.41) is 3.21. The number of nitrogens with zero attached hydrogens (tertiary/aromatic N) is 1. The molecule has 0 aliphatic carbocycles. The number of nitrogens with two attached hydrogens (primary N) is 1. The van der Waals surface area contributed by atoms with Crippen LogP contribution in [-0.2, 0) is 14.9 Å². The Balaban J connectivity index is 0.00000261. The fourth-order valence-electron chi connectivity index (χ4n) is 4.27. The zero-order valence-corrected chi connectivity index (χ0v) is 17.4. The van der Waals surface area contributed by atoms with Gasteiger partial charge in [0, 0.05) is 44.3 Å². The molecule has 2 aliphatic rings. The van der Waals surface area contributed by atoms with E-state index in [0.29, 0.717) is 13.1 Å². The lowest BCUT2D eigenvalue weighted by Crippen LogP contribution is -2.55. The first kappa shape index (κ1) is 22.2. The molecule has 2 fully saturated rings. The standard InChI is InChI=1S/C21H33N3O2.ClH/c1-20(2)16-24(11-8-18(20)22)14-19(25)23-15-21(9-12-26-13-10-21)17-6-4-3-5-7-17;/h3-7,18H,8-16,22H2,1-2H3,(H,23,25);1H. The molecule has 2 aliphatic heterocycles. The van der Waals surface area contributed by atoms with Gasteiger partial charge in [-0.15, -0.1) is 12.4 Å². The Hall–Kier alpha value is -1.14. The summed E-state index contributed by atoms with van der Waals surface area (Å²) in [5.41, 5.74) is 7.55. The van der Waals surface area contributed by atoms with Crippen molar-refractivity contribution in [2.45, 2.75) is 44.6 Å². The fourth-order valence-corrected chi connectivity index (χ4v) is 4.27. The second-order valence-electron chi connectivity index (χ2n) is 8.63. The number of piperidine rings is 1. The Bertz CT molecular complexity index is 603. The lowest BCUT2D eigenvalue weighted by Gasteiger charge is -2.42. The summed E-state index contributed by atoms with van der Waals surface area (Å²) in [7, 11) is 0. The molecule has 152 valence electrons. The molecule has 5 nitrogen and oxygen atoms in total. The molecule has 0 spiro atoms. The third kappa shape index (κ3) is 5.44. The van der Waals surface area contributed by atoms with Gasteiger partial charge >= 0.3 is 0 Å². The van der Waals surface area contributed by atoms with Crippen molar-refractivity contribution in [3.63, 3.8) is 0 Å². The van der Waals surface area contributed by atoms with Crippen molar-refractivity contribution >= 4 is 18.3 Å². The van der Waals surface area contributed by atoms with Gasteiger partial charge in [0.15, 0.2) is 0 Å². The molecule has 27 heavy (non-hydrogen) atoms. The van der Waals surface area contributed by atoms with E-state index in [1.54, 1.807) is 0 Å². The van der Waals surface area contributed by atoms with Crippen LogP contribution in [0.15, 0.2) is 30.3 Å². The van der Waals surface area contributed by atoms with E-state index < -0.39 is 0 Å². The predicted molar refractivity (Wildman–Crippen MR) is 111 cm³/mol. The number of halogens is 1. The van der Waals surface area contributed by atoms with Gasteiger partial charge < -0.3 is 15.8 Å². The van der Waals surface area contributed by atoms with Gasteiger partial charge in [0.05, 0.1) is 6.54 Å². The molecule has 1 unspecified atom stereocenters. The summed E-state index contributed by atoms with van der Waals surface area (Å²) in [6.45, 7) is 8.79. The first-order valence-electron chi connectivity index (χ1n) is 9.79. The van der Waals surface area contributed by atoms with Crippen LogP contribution in [0.3, 0.4) is 0 Å². The van der Waals surface area contributed by atoms with E-state index >= 15 is 0 Å². The van der Waals surface area contributed by atoms with Crippen molar-refractivity contribution in [1.29, 1.82) is 0 Å². The molecular weight excluding hydrogens is 362 g/mol. The summed E-state index contributed by atoms with van der Waals surface area (Å²) < 4.78 is 5.57. The molecule has 6 heteroatoms. The molecule has 2 heterocycles. The Morgan fingerprint density at radius 1 is 1.26 bits per heavy atom. The summed E-state index contributed by atoms with van der Waals surface area (Å²) in [4.78, 5) is 14.8. The smallest absolute Gasteiger partial charge is 0.234 e. The van der Waals surface area contributed by atoms with Crippen LogP contribution >= 0.6 is 12.4 Å². The zero-order chi connectivity index (χ0) is 18.6. The van der Waals surface area contributed by atoms with E-state index in [0.717, 1.165) is 45.6 Å². The summed E-state index contributed by atoms with van der Waals surface area (Å²) in [6.07, 6.45) is 2.84. The second kappa shape index (κ2) is 9.37. The Kier molecular flexibility index (Phi) is 7.69. The maximum atomic E-state index is 12.6. The topological polar surface area (TPSA) is 67.6 Å². The molecule has 3 N–H and O–H groups in total. The highest BCUT2D eigenvalue weighted by atomic mass is 35.5. The number of carbonyl (C=O) groups is 1. The van der Waals surface area contributed by atoms with Crippen LogP contribution in [0, 0.1) is 5.41 Å². The van der Waals surface area contributed by atoms with E-state index in [9.17, 15) is 4.79 Å². The minimum Gasteiger partial charge on any atom is -0.381 e. The number of hydrogen-bond donors (Lipinski definition) is 2. The third-order valence-electron chi connectivity index (χ3n) is 6.22. The lowest BCUT2D eigenvalue weighted by atomic mass is 9.74. The number of benzene rings is 1. The van der Waals surface area contributed by atoms with Crippen LogP contribution in [0.2, 0.25) is 0 Å². The molecule has 0 radical (unpaired) electrons. The Morgan fingerprint density at radius 3 is 2.56 bits per heavy atom. The number of nitrogens with one attached hydrogen (secondary N) is 1. The molecule has 1 amide bonds. The van der Waals surface area contributed by atoms with Crippen molar-refractivity contribution in [2.24, 2.45) is 11.1 Å². The number of carbonyl (C=O) groups excluding carboxylic acids is 1. The fraction of sp³-hybridized carbons (Fsp3) is 0.667. The molecule has 1 aromatic carbocycles. The van der Waals surface area contributed by atoms with Gasteiger partial charge in [-0.3, -0.25) is 9.69 Å². The monoisotopic (exact) mass is 395 g/mol. The van der Waals surface area contributed by atoms with Crippen molar-refractivity contribution in [3.8, 4) is 0 Å². The zero-order valence-electron chi connectivity index (χ0n) is 16.6. The second-order valence-corrected chi connectivity index (χ2v) is 8.63. The van der Waals surface area contributed by atoms with E-state index in [1.165, 1.54) is 5.56 Å². The summed E-state index contributed by atoms with van der Waals surface area (Å²) >= 11 is 0. The summed E-state index contributed by atoms with van der Waals surface area (Å²) in [6, 6.07) is 10.8. The first-order valence-corrected chi connectivity index (χ1v) is 9.79. The predicted octanol–water partition coefficient (Wildman–Crippen LogP) is 2.33. The Labute approximate surface area is 169 Å². The van der Waals surface area contributed by atoms with Gasteiger partial charge in [-0.25, -0.2) is 0 Å². The molecule has 0 aromatic heterocycles. The number of hydrogen-bond acceptors (Lipinski definition) is 4. The molecule has 3 rings (SSSR count). The van der Waals surface area contributed by atoms with Gasteiger partial charge in [0.1, 0.15) is 0 Å². The average Bonchev–Trinajstić information content (AvgIpc) is 2.64. The largest absolute Gasteiger partial charge is 0.381 e. The van der Waals surface area contributed by atoms with Crippen LogP contribution in [0.5, 0.6) is 0 Å². The van der Waals surface area contributed by atoms with E-state index in [1.807, 2.05) is 6.07 Å². The highest BCUT2D eigenvalue weighted by Gasteiger charge is 2.36. The van der Waals surface area contributed by atoms with Gasteiger partial charge in [-0.2, -0.15) is 0 Å². The maximum absolute atomic E-state index is 12.6. The van der Waals surface area contributed by atoms with Crippen LogP contribution in [0.4, 0.5) is 0 Å². The number of ether oxygens (including phenoxy) is 1. The van der Waals surface area contributed by atoms with Gasteiger partial charge in [-0.1, -0.05) is 44.2 Å². The molecular formula is C21H34ClN3O2. The van der Waals surface area contributed by atoms with E-state index in [4.69, 9.17) is 10.5 Å². The first-order chi connectivity index (χ1) is 12.4. The highest BCUT2D eigenvalue weighted by Crippen LogP contribution is 2.34. The van der Waals surface area contributed by atoms with Crippen LogP contribution < -0.4 is 11.1 Å². The van der Waals surface area contributed by atoms with Crippen molar-refractivity contribution in [3.05, 3.63) is 35.9 Å². The average molecular weight is 396 g/mol. The van der Waals surface area contributed by atoms with Crippen LogP contribution in [0.1, 0.15) is 38.7 Å². The molecule has 1 atom stereocenters. The van der Waals surface area contributed by atoms with Gasteiger partial charge in [-0.05, 0) is 30.2 Å². The minimum absolute atomic E-state index is 0. The number of rotatable bonds is 5. The van der Waals surface area contributed by atoms with Crippen LogP contribution in [-0.4, -0.2) is 56.2 Å². The van der Waals surface area contributed by atoms with Gasteiger partial charge in [0.25, 0.3) is 0 Å². The molecule has 0 saturated carbocycles. The van der Waals surface area contributed by atoms with E-state index in [-0.39, 0.29) is 35.2 Å². The van der Waals surface area contributed by atoms with Crippen molar-refractivity contribution in [2.75, 3.05) is 39.4 Å². The maximum Gasteiger partial charge on any atom is 0.234 e. The minimum atomic E-state index is -0.0152. The summed E-state index contributed by atoms with van der Waals surface area (Å²) in [5.74, 6) is 0.109. The quantitative estimate of drug-likeness (QED) is 0.802. The number of likely N-dealkylation sites (tertiary alicyclic amines) is 1. The normalized spacial score (nSPS) is 24.6. The van der Waals surface area contributed by atoms with Crippen LogP contribution in [0.25, 0.3) is 0 Å². The van der Waals surface area contributed by atoms with Crippen molar-refractivity contribution in [1.82, 2.24) is 10.2 Å². The van der Waals surface area contributed by atoms with Crippen molar-refractivity contribution < 1.29 is 9.53 Å². The SMILES string of the molecule is CC1(C)CN(CC(=O)NCC2(c3ccccc3)CCOCC2)CCC1N.Cl. The molecule has 2 saturated heterocycles. The molecule has 1 aromatic rings.